The van der Waals surface area contributed by atoms with E-state index < -0.39 is 0 Å². The Morgan fingerprint density at radius 3 is 2.74 bits per heavy atom. The lowest BCUT2D eigenvalue weighted by molar-refractivity contribution is 0.109. The summed E-state index contributed by atoms with van der Waals surface area (Å²) in [5, 5.41) is 0. The highest BCUT2D eigenvalue weighted by molar-refractivity contribution is 7.98. The van der Waals surface area contributed by atoms with Crippen LogP contribution in [0.2, 0.25) is 0 Å². The van der Waals surface area contributed by atoms with Crippen LogP contribution in [-0.2, 0) is 5.75 Å². The molecule has 1 aliphatic heterocycles. The van der Waals surface area contributed by atoms with Crippen LogP contribution in [0.3, 0.4) is 0 Å². The molecule has 19 heavy (non-hydrogen) atoms. The fourth-order valence-electron chi connectivity index (χ4n) is 1.80. The van der Waals surface area contributed by atoms with Crippen LogP contribution in [0.15, 0.2) is 39.6 Å². The third-order valence-corrected chi connectivity index (χ3v) is 3.71. The van der Waals surface area contributed by atoms with E-state index in [0.717, 1.165) is 22.2 Å². The fraction of sp³-hybridized carbons (Fsp3) is 0.214. The van der Waals surface area contributed by atoms with Crippen LogP contribution >= 0.6 is 11.8 Å². The zero-order chi connectivity index (χ0) is 13.1. The smallest absolute Gasteiger partial charge is 0.185 e. The van der Waals surface area contributed by atoms with Gasteiger partial charge >= 0.3 is 0 Å². The number of furan rings is 1. The molecular formula is C14H12O4S. The zero-order valence-electron chi connectivity index (χ0n) is 10.1. The molecule has 0 bridgehead atoms. The highest BCUT2D eigenvalue weighted by Gasteiger charge is 2.12. The van der Waals surface area contributed by atoms with Gasteiger partial charge in [0.2, 0.25) is 0 Å². The fourth-order valence-corrected chi connectivity index (χ4v) is 2.62. The van der Waals surface area contributed by atoms with E-state index in [1.165, 1.54) is 0 Å². The van der Waals surface area contributed by atoms with Crippen LogP contribution in [0, 0.1) is 0 Å². The summed E-state index contributed by atoms with van der Waals surface area (Å²) in [6.45, 7) is 1.18. The predicted molar refractivity (Wildman–Crippen MR) is 71.1 cm³/mol. The maximum absolute atomic E-state index is 10.5. The van der Waals surface area contributed by atoms with Crippen molar-refractivity contribution in [2.24, 2.45) is 0 Å². The Labute approximate surface area is 114 Å². The first kappa shape index (κ1) is 12.2. The van der Waals surface area contributed by atoms with Crippen molar-refractivity contribution in [3.63, 3.8) is 0 Å². The molecule has 0 atom stereocenters. The maximum Gasteiger partial charge on any atom is 0.185 e. The number of aldehydes is 1. The van der Waals surface area contributed by atoms with Gasteiger partial charge in [0.25, 0.3) is 0 Å². The summed E-state index contributed by atoms with van der Waals surface area (Å²) in [7, 11) is 0. The van der Waals surface area contributed by atoms with Gasteiger partial charge in [0, 0.05) is 4.90 Å². The van der Waals surface area contributed by atoms with E-state index >= 15 is 0 Å². The van der Waals surface area contributed by atoms with Gasteiger partial charge < -0.3 is 13.9 Å². The van der Waals surface area contributed by atoms with E-state index in [0.29, 0.717) is 31.0 Å². The number of hydrogen-bond donors (Lipinski definition) is 0. The van der Waals surface area contributed by atoms with Crippen molar-refractivity contribution >= 4 is 18.0 Å². The van der Waals surface area contributed by atoms with Crippen LogP contribution in [0.5, 0.6) is 11.5 Å². The largest absolute Gasteiger partial charge is 0.486 e. The van der Waals surface area contributed by atoms with Crippen molar-refractivity contribution in [2.45, 2.75) is 10.6 Å². The van der Waals surface area contributed by atoms with Crippen molar-refractivity contribution in [3.05, 3.63) is 41.9 Å². The van der Waals surface area contributed by atoms with Crippen LogP contribution in [0.25, 0.3) is 0 Å². The second-order valence-electron chi connectivity index (χ2n) is 4.02. The van der Waals surface area contributed by atoms with Crippen LogP contribution in [0.1, 0.15) is 16.3 Å². The predicted octanol–water partition coefficient (Wildman–Crippen LogP) is 3.16. The Morgan fingerprint density at radius 2 is 1.95 bits per heavy atom. The molecule has 0 amide bonds. The van der Waals surface area contributed by atoms with E-state index in [1.807, 2.05) is 24.3 Å². The number of fused-ring (bicyclic) bond motifs is 1. The van der Waals surface area contributed by atoms with Gasteiger partial charge in [-0.1, -0.05) is 0 Å². The van der Waals surface area contributed by atoms with E-state index in [1.54, 1.807) is 17.8 Å². The molecular weight excluding hydrogens is 264 g/mol. The highest BCUT2D eigenvalue weighted by Crippen LogP contribution is 2.35. The lowest BCUT2D eigenvalue weighted by Crippen LogP contribution is -2.15. The van der Waals surface area contributed by atoms with Gasteiger partial charge in [-0.2, -0.15) is 0 Å². The summed E-state index contributed by atoms with van der Waals surface area (Å²) in [5.41, 5.74) is 0. The second kappa shape index (κ2) is 5.40. The quantitative estimate of drug-likeness (QED) is 0.634. The Kier molecular flexibility index (Phi) is 3.46. The van der Waals surface area contributed by atoms with Gasteiger partial charge in [0.1, 0.15) is 19.0 Å². The Balaban J connectivity index is 1.68. The van der Waals surface area contributed by atoms with Gasteiger partial charge in [-0.3, -0.25) is 4.79 Å². The molecule has 0 fully saturated rings. The molecule has 2 aromatic rings. The lowest BCUT2D eigenvalue weighted by Gasteiger charge is -2.18. The SMILES string of the molecule is O=Cc1ccc(CSc2ccc3c(c2)OCCO3)o1. The number of benzene rings is 1. The first-order valence-electron chi connectivity index (χ1n) is 5.91. The minimum absolute atomic E-state index is 0.359. The molecule has 5 heteroatoms. The number of carbonyl (C=O) groups is 1. The summed E-state index contributed by atoms with van der Waals surface area (Å²) in [6, 6.07) is 9.35. The minimum atomic E-state index is 0.359. The molecule has 2 heterocycles. The molecule has 98 valence electrons. The van der Waals surface area contributed by atoms with Gasteiger partial charge in [0.05, 0.1) is 5.75 Å². The van der Waals surface area contributed by atoms with Gasteiger partial charge in [-0.15, -0.1) is 11.8 Å². The van der Waals surface area contributed by atoms with Gasteiger partial charge in [-0.05, 0) is 30.3 Å². The standard InChI is InChI=1S/C14H12O4S/c15-8-10-1-2-11(18-10)9-19-12-3-4-13-14(7-12)17-6-5-16-13/h1-4,7-8H,5-6,9H2. The van der Waals surface area contributed by atoms with Gasteiger partial charge in [0.15, 0.2) is 23.5 Å². The molecule has 0 unspecified atom stereocenters. The highest BCUT2D eigenvalue weighted by atomic mass is 32.2. The molecule has 1 aromatic heterocycles. The lowest BCUT2D eigenvalue weighted by atomic mass is 10.3. The van der Waals surface area contributed by atoms with Crippen molar-refractivity contribution < 1.29 is 18.7 Å². The zero-order valence-corrected chi connectivity index (χ0v) is 10.9. The molecule has 0 radical (unpaired) electrons. The van der Waals surface area contributed by atoms with E-state index in [2.05, 4.69) is 0 Å². The summed E-state index contributed by atoms with van der Waals surface area (Å²) < 4.78 is 16.3. The molecule has 4 nitrogen and oxygen atoms in total. The molecule has 0 spiro atoms. The average Bonchev–Trinajstić information content (AvgIpc) is 2.93. The molecule has 0 saturated heterocycles. The summed E-state index contributed by atoms with van der Waals surface area (Å²) in [5.74, 6) is 3.38. The summed E-state index contributed by atoms with van der Waals surface area (Å²) >= 11 is 1.62. The molecule has 0 aliphatic carbocycles. The number of thioether (sulfide) groups is 1. The molecule has 1 aromatic carbocycles. The minimum Gasteiger partial charge on any atom is -0.486 e. The molecule has 3 rings (SSSR count). The number of rotatable bonds is 4. The third kappa shape index (κ3) is 2.76. The van der Waals surface area contributed by atoms with E-state index in [4.69, 9.17) is 13.9 Å². The third-order valence-electron chi connectivity index (χ3n) is 2.69. The Hall–Kier alpha value is -1.88. The maximum atomic E-state index is 10.5. The van der Waals surface area contributed by atoms with Crippen molar-refractivity contribution in [1.82, 2.24) is 0 Å². The molecule has 0 N–H and O–H groups in total. The Morgan fingerprint density at radius 1 is 1.11 bits per heavy atom. The first-order valence-corrected chi connectivity index (χ1v) is 6.90. The summed E-state index contributed by atoms with van der Waals surface area (Å²) in [4.78, 5) is 11.6. The molecule has 1 aliphatic rings. The monoisotopic (exact) mass is 276 g/mol. The van der Waals surface area contributed by atoms with Crippen LogP contribution in [-0.4, -0.2) is 19.5 Å². The normalized spacial score (nSPS) is 13.3. The van der Waals surface area contributed by atoms with E-state index in [-0.39, 0.29) is 0 Å². The van der Waals surface area contributed by atoms with Crippen molar-refractivity contribution in [2.75, 3.05) is 13.2 Å². The van der Waals surface area contributed by atoms with Crippen LogP contribution < -0.4 is 9.47 Å². The Bertz CT molecular complexity index is 591. The van der Waals surface area contributed by atoms with Gasteiger partial charge in [-0.25, -0.2) is 0 Å². The first-order chi connectivity index (χ1) is 9.35. The van der Waals surface area contributed by atoms with Crippen molar-refractivity contribution in [3.8, 4) is 11.5 Å². The van der Waals surface area contributed by atoms with Crippen molar-refractivity contribution in [1.29, 1.82) is 0 Å². The second-order valence-corrected chi connectivity index (χ2v) is 5.06. The summed E-state index contributed by atoms with van der Waals surface area (Å²) in [6.07, 6.45) is 0.707. The topological polar surface area (TPSA) is 48.7 Å². The number of carbonyl (C=O) groups excluding carboxylic acids is 1. The number of ether oxygens (including phenoxy) is 2. The molecule has 0 saturated carbocycles. The number of hydrogen-bond acceptors (Lipinski definition) is 5. The van der Waals surface area contributed by atoms with E-state index in [9.17, 15) is 4.79 Å². The van der Waals surface area contributed by atoms with Crippen LogP contribution in [0.4, 0.5) is 0 Å². The average molecular weight is 276 g/mol.